The highest BCUT2D eigenvalue weighted by molar-refractivity contribution is 7.98. The third kappa shape index (κ3) is 22.4. The lowest BCUT2D eigenvalue weighted by Crippen LogP contribution is -2.58. The molecule has 0 saturated carbocycles. The highest BCUT2D eigenvalue weighted by Crippen LogP contribution is 2.47. The molecule has 0 aromatic heterocycles. The van der Waals surface area contributed by atoms with Crippen molar-refractivity contribution in [3.05, 3.63) is 166 Å². The van der Waals surface area contributed by atoms with Gasteiger partial charge in [-0.3, -0.25) is 57.7 Å². The average molecular weight is 1660 g/mol. The third-order valence-electron chi connectivity index (χ3n) is 21.2. The first kappa shape index (κ1) is 90.8. The lowest BCUT2D eigenvalue weighted by atomic mass is 9.81. The number of primary amides is 2. The number of ketones is 2. The number of hydrogen-bond acceptors (Lipinski definition) is 20. The normalized spacial score (nSPS) is 14.6. The summed E-state index contributed by atoms with van der Waals surface area (Å²) in [6.45, 7) is 16.1. The van der Waals surface area contributed by atoms with Crippen LogP contribution in [0.15, 0.2) is 121 Å². The lowest BCUT2D eigenvalue weighted by molar-refractivity contribution is -0.134. The van der Waals surface area contributed by atoms with E-state index in [0.29, 0.717) is 11.5 Å². The number of rotatable bonds is 42. The number of amides is 10. The van der Waals surface area contributed by atoms with Crippen molar-refractivity contribution in [3.63, 3.8) is 0 Å². The molecule has 0 radical (unpaired) electrons. The van der Waals surface area contributed by atoms with Crippen molar-refractivity contribution in [2.24, 2.45) is 35.1 Å². The molecule has 0 unspecified atom stereocenters. The molecule has 14 N–H and O–H groups in total. The quantitative estimate of drug-likeness (QED) is 0.0158. The Morgan fingerprint density at radius 1 is 0.398 bits per heavy atom. The Labute approximate surface area is 697 Å². The molecule has 6 aromatic carbocycles. The zero-order valence-electron chi connectivity index (χ0n) is 69.0. The molecule has 0 heterocycles. The average Bonchev–Trinajstić information content (AvgIpc) is 1.12. The Bertz CT molecular complexity index is 4310. The second-order valence-electron chi connectivity index (χ2n) is 31.9. The van der Waals surface area contributed by atoms with Gasteiger partial charge in [0.2, 0.25) is 58.8 Å². The van der Waals surface area contributed by atoms with Gasteiger partial charge in [0.05, 0.1) is 22.3 Å². The minimum atomic E-state index is -1.35. The van der Waals surface area contributed by atoms with Gasteiger partial charge in [0.1, 0.15) is 73.0 Å². The molecule has 0 aliphatic heterocycles. The molecule has 632 valence electrons. The molecule has 0 saturated heterocycles. The number of carbonyl (C=O) groups is 12. The van der Waals surface area contributed by atoms with E-state index >= 15 is 28.8 Å². The van der Waals surface area contributed by atoms with Gasteiger partial charge in [0.25, 0.3) is 0 Å². The fourth-order valence-corrected chi connectivity index (χ4v) is 16.3. The first-order valence-corrected chi connectivity index (χ1v) is 42.9. The van der Waals surface area contributed by atoms with Gasteiger partial charge in [-0.25, -0.2) is 9.59 Å². The number of hydrogen-bond donors (Lipinski definition) is 12. The standard InChI is InChI=1S/C88H112N12O16S2/c1-47(2)41-67(83(109)95-65(79(89)105)33-39-117-11)97-81(107)51(9)93-85(111)69(43-49(5)6)99(87(113)115-45-61-57-25-17-13-21-53(57)54-22-14-18-26-58(54)61)37-35-91-63-29-30-64(74-73(63)77(103)75-71(101)31-32-72(102)76(75)78(74)104)92-36-38-100(88(114)116-46-62-59-27-19-15-23-55(59)56-24-16-20-28-60(56)62)70(44-50(7)8)86(112)94-52(10)82(108)98-68(42-48(3)4)84(110)96-66(80(90)106)34-40-118-12/h13-32,47-52,61-62,65-70,91-92,101-102H,33-46H2,1-12H3,(H2,89,105)(H2,90,106)(H,93,111)(H,94,112)(H,95,109)(H,96,110)(H,97,107)(H,98,108)/t51-,52-,65-,66-,67-,68-,69-,70-/m0/s1. The van der Waals surface area contributed by atoms with Crippen LogP contribution in [0.2, 0.25) is 0 Å². The Morgan fingerprint density at radius 3 is 1.00 bits per heavy atom. The molecular formula is C88H112N12O16S2. The molecular weight excluding hydrogens is 1550 g/mol. The van der Waals surface area contributed by atoms with Crippen molar-refractivity contribution in [1.82, 2.24) is 41.7 Å². The summed E-state index contributed by atoms with van der Waals surface area (Å²) in [7, 11) is 0. The molecule has 28 nitrogen and oxygen atoms in total. The number of fused-ring (bicyclic) bond motifs is 8. The molecule has 118 heavy (non-hydrogen) atoms. The SMILES string of the molecule is CSCC[C@H](NC(=O)[C@H](CC(C)C)NC(=O)[C@H](C)NC(=O)[C@H](CC(C)C)N(CCNc1ccc(NCCN(C(=O)OCC2c3ccccc3-c3ccccc32)[C@@H](CC(C)C)C(=O)N[C@@H](C)C(=O)N[C@@H](CC(C)C)C(=O)N[C@@H](CCSC)C(N)=O)c2c1C(=O)c1c(O)ccc(O)c1C2=O)C(=O)OCC1c2ccccc2-c2ccccc21)C(N)=O. The minimum Gasteiger partial charge on any atom is -0.507 e. The summed E-state index contributed by atoms with van der Waals surface area (Å²) in [5.41, 5.74) is 17.3. The van der Waals surface area contributed by atoms with E-state index in [2.05, 4.69) is 42.5 Å². The Balaban J connectivity index is 1.03. The van der Waals surface area contributed by atoms with Crippen LogP contribution in [0.3, 0.4) is 0 Å². The van der Waals surface area contributed by atoms with Crippen molar-refractivity contribution in [1.29, 1.82) is 0 Å². The third-order valence-corrected chi connectivity index (χ3v) is 22.5. The van der Waals surface area contributed by atoms with Gasteiger partial charge in [0.15, 0.2) is 0 Å². The Kier molecular flexibility index (Phi) is 32.2. The molecule has 0 spiro atoms. The minimum absolute atomic E-state index is 0.00517. The van der Waals surface area contributed by atoms with E-state index in [1.165, 1.54) is 59.3 Å². The molecule has 0 fully saturated rings. The number of carbonyl (C=O) groups excluding carboxylic acids is 12. The van der Waals surface area contributed by atoms with Crippen molar-refractivity contribution < 1.29 is 77.2 Å². The smallest absolute Gasteiger partial charge is 0.410 e. The van der Waals surface area contributed by atoms with Crippen LogP contribution in [0.1, 0.15) is 174 Å². The van der Waals surface area contributed by atoms with Crippen LogP contribution in [0.5, 0.6) is 11.5 Å². The first-order valence-electron chi connectivity index (χ1n) is 40.2. The number of benzene rings is 6. The van der Waals surface area contributed by atoms with Gasteiger partial charge >= 0.3 is 12.2 Å². The molecule has 10 amide bonds. The van der Waals surface area contributed by atoms with Gasteiger partial charge in [-0.05, 0) is 169 Å². The fraction of sp³-hybridized carbons (Fsp3) is 0.455. The topological polar surface area (TPSA) is 419 Å². The highest BCUT2D eigenvalue weighted by Gasteiger charge is 2.42. The number of ether oxygens (including phenoxy) is 2. The van der Waals surface area contributed by atoms with Crippen molar-refractivity contribution in [2.75, 3.05) is 74.0 Å². The molecule has 6 aromatic rings. The zero-order chi connectivity index (χ0) is 85.9. The maximum absolute atomic E-state index is 15.3. The van der Waals surface area contributed by atoms with Crippen LogP contribution in [-0.4, -0.2) is 203 Å². The van der Waals surface area contributed by atoms with Crippen LogP contribution in [0.25, 0.3) is 22.3 Å². The van der Waals surface area contributed by atoms with Gasteiger partial charge in [-0.2, -0.15) is 23.5 Å². The summed E-state index contributed by atoms with van der Waals surface area (Å²) in [6, 6.07) is 26.5. The molecule has 0 bridgehead atoms. The predicted octanol–water partition coefficient (Wildman–Crippen LogP) is 9.55. The summed E-state index contributed by atoms with van der Waals surface area (Å²) >= 11 is 2.93. The van der Waals surface area contributed by atoms with Gasteiger partial charge in [-0.1, -0.05) is 152 Å². The van der Waals surface area contributed by atoms with E-state index in [9.17, 15) is 39.0 Å². The van der Waals surface area contributed by atoms with E-state index in [4.69, 9.17) is 20.9 Å². The van der Waals surface area contributed by atoms with Crippen molar-refractivity contribution in [3.8, 4) is 33.8 Å². The Hall–Kier alpha value is -11.1. The number of nitrogens with one attached hydrogen (secondary N) is 8. The zero-order valence-corrected chi connectivity index (χ0v) is 70.6. The van der Waals surface area contributed by atoms with Crippen LogP contribution in [0.4, 0.5) is 21.0 Å². The number of nitrogens with zero attached hydrogens (tertiary/aromatic N) is 2. The summed E-state index contributed by atoms with van der Waals surface area (Å²) in [5, 5.41) is 45.7. The summed E-state index contributed by atoms with van der Waals surface area (Å²) < 4.78 is 12.6. The maximum Gasteiger partial charge on any atom is 0.410 e. The lowest BCUT2D eigenvalue weighted by Gasteiger charge is -2.33. The second kappa shape index (κ2) is 41.8. The fourth-order valence-electron chi connectivity index (χ4n) is 15.4. The predicted molar refractivity (Wildman–Crippen MR) is 456 cm³/mol. The summed E-state index contributed by atoms with van der Waals surface area (Å²) in [4.78, 5) is 175. The number of anilines is 2. The molecule has 3 aliphatic carbocycles. The highest BCUT2D eigenvalue weighted by atomic mass is 32.2. The number of thioether (sulfide) groups is 2. The van der Waals surface area contributed by atoms with E-state index in [-0.39, 0.29) is 124 Å². The largest absolute Gasteiger partial charge is 0.507 e. The van der Waals surface area contributed by atoms with E-state index < -0.39 is 154 Å². The van der Waals surface area contributed by atoms with Crippen LogP contribution >= 0.6 is 23.5 Å². The molecule has 9 rings (SSSR count). The first-order chi connectivity index (χ1) is 56.2. The maximum atomic E-state index is 15.3. The van der Waals surface area contributed by atoms with Crippen LogP contribution < -0.4 is 54.0 Å². The van der Waals surface area contributed by atoms with Crippen molar-refractivity contribution in [2.45, 2.75) is 168 Å². The summed E-state index contributed by atoms with van der Waals surface area (Å²) in [5.74, 6) is -9.41. The van der Waals surface area contributed by atoms with Crippen molar-refractivity contribution >= 4 is 106 Å². The summed E-state index contributed by atoms with van der Waals surface area (Å²) in [6.07, 6.45) is 2.72. The number of nitrogens with two attached hydrogens (primary N) is 2. The number of phenols is 2. The van der Waals surface area contributed by atoms with E-state index in [0.717, 1.165) is 56.6 Å². The Morgan fingerprint density at radius 2 is 0.703 bits per heavy atom. The van der Waals surface area contributed by atoms with Gasteiger partial charge < -0.3 is 73.7 Å². The molecule has 3 aliphatic rings. The second-order valence-corrected chi connectivity index (χ2v) is 33.9. The number of phenolic OH excluding ortho intramolecular Hbond substituents is 2. The molecule has 30 heteroatoms. The van der Waals surface area contributed by atoms with E-state index in [1.807, 2.05) is 165 Å². The van der Waals surface area contributed by atoms with E-state index in [1.54, 1.807) is 0 Å². The van der Waals surface area contributed by atoms with Crippen LogP contribution in [0, 0.1) is 23.7 Å². The van der Waals surface area contributed by atoms with Crippen LogP contribution in [-0.2, 0) is 47.8 Å². The molecule has 8 atom stereocenters. The van der Waals surface area contributed by atoms with Gasteiger partial charge in [0, 0.05) is 49.4 Å². The van der Waals surface area contributed by atoms with Gasteiger partial charge in [-0.15, -0.1) is 0 Å². The monoisotopic (exact) mass is 1660 g/mol. The number of aromatic hydroxyl groups is 2.